The van der Waals surface area contributed by atoms with Crippen LogP contribution in [0.15, 0.2) is 24.3 Å². The summed E-state index contributed by atoms with van der Waals surface area (Å²) >= 11 is 0. The highest BCUT2D eigenvalue weighted by molar-refractivity contribution is 7.54. The zero-order valence-corrected chi connectivity index (χ0v) is 19.5. The van der Waals surface area contributed by atoms with Gasteiger partial charge in [0.2, 0.25) is 0 Å². The minimum absolute atomic E-state index is 0.237. The van der Waals surface area contributed by atoms with E-state index in [1.807, 2.05) is 0 Å². The van der Waals surface area contributed by atoms with Crippen molar-refractivity contribution in [2.24, 2.45) is 0 Å². The van der Waals surface area contributed by atoms with Crippen LogP contribution >= 0.6 is 15.4 Å². The molecular formula is C17H30O11P2. The minimum atomic E-state index is -4.70. The van der Waals surface area contributed by atoms with Crippen molar-refractivity contribution in [1.82, 2.24) is 0 Å². The summed E-state index contributed by atoms with van der Waals surface area (Å²) in [5.41, 5.74) is -1.36. The van der Waals surface area contributed by atoms with Gasteiger partial charge in [0.15, 0.2) is 0 Å². The number of hydrogen-bond acceptors (Lipinski definition) is 9. The first kappa shape index (κ1) is 27.0. The monoisotopic (exact) mass is 472 g/mol. The van der Waals surface area contributed by atoms with Gasteiger partial charge in [-0.05, 0) is 44.5 Å². The van der Waals surface area contributed by atoms with Gasteiger partial charge >= 0.3 is 15.4 Å². The second-order valence-corrected chi connectivity index (χ2v) is 10.5. The Kier molecular flexibility index (Phi) is 10.9. The Bertz CT molecular complexity index is 717. The predicted octanol–water partition coefficient (Wildman–Crippen LogP) is 3.85. The first-order valence-corrected chi connectivity index (χ1v) is 12.2. The standard InChI is InChI=1S/C17H30O11P2/c1-14(29(18,23-5)27-22-4)10-12-24-15-6-8-16(9-7-15)25-13-11-17(2,3)26-28-30(19,20)21/h6-9,14H,10-13H2,1-5H3,(H2,19,20,21). The van der Waals surface area contributed by atoms with Gasteiger partial charge in [0, 0.05) is 13.5 Å². The number of rotatable bonds is 15. The molecule has 2 unspecified atom stereocenters. The SMILES string of the molecule is COOP(=O)(OC)C(C)CCOc1ccc(OCCC(C)(C)OOP(=O)(O)O)cc1. The molecule has 0 saturated heterocycles. The van der Waals surface area contributed by atoms with Gasteiger partial charge in [0.1, 0.15) is 17.1 Å². The number of hydrogen-bond donors (Lipinski definition) is 2. The fraction of sp³-hybridized carbons (Fsp3) is 0.647. The molecule has 13 heteroatoms. The summed E-state index contributed by atoms with van der Waals surface area (Å²) in [7, 11) is -5.48. The van der Waals surface area contributed by atoms with Gasteiger partial charge in [0.25, 0.3) is 0 Å². The van der Waals surface area contributed by atoms with Crippen LogP contribution in [0.2, 0.25) is 0 Å². The molecule has 0 amide bonds. The van der Waals surface area contributed by atoms with Crippen LogP contribution in [0, 0.1) is 0 Å². The normalized spacial score (nSPS) is 15.4. The fourth-order valence-electron chi connectivity index (χ4n) is 2.13. The lowest BCUT2D eigenvalue weighted by Crippen LogP contribution is -2.26. The molecule has 0 radical (unpaired) electrons. The van der Waals surface area contributed by atoms with E-state index in [1.54, 1.807) is 45.0 Å². The Morgan fingerprint density at radius 2 is 1.50 bits per heavy atom. The first-order chi connectivity index (χ1) is 13.9. The molecule has 1 rings (SSSR count). The van der Waals surface area contributed by atoms with Crippen molar-refractivity contribution in [2.75, 3.05) is 27.4 Å². The fourth-order valence-corrected chi connectivity index (χ4v) is 3.63. The van der Waals surface area contributed by atoms with Gasteiger partial charge in [-0.1, -0.05) is 6.92 Å². The molecule has 1 aromatic carbocycles. The van der Waals surface area contributed by atoms with E-state index in [9.17, 15) is 9.13 Å². The van der Waals surface area contributed by atoms with E-state index < -0.39 is 26.7 Å². The second kappa shape index (κ2) is 12.1. The van der Waals surface area contributed by atoms with Gasteiger partial charge in [-0.15, -0.1) is 9.35 Å². The number of phosphoric acid groups is 1. The Morgan fingerprint density at radius 3 is 1.97 bits per heavy atom. The number of benzene rings is 1. The van der Waals surface area contributed by atoms with Gasteiger partial charge < -0.3 is 23.8 Å². The average Bonchev–Trinajstić information content (AvgIpc) is 2.67. The quantitative estimate of drug-likeness (QED) is 0.219. The Morgan fingerprint density at radius 1 is 0.967 bits per heavy atom. The maximum atomic E-state index is 12.3. The zero-order valence-electron chi connectivity index (χ0n) is 17.7. The third-order valence-corrected chi connectivity index (χ3v) is 6.41. The summed E-state index contributed by atoms with van der Waals surface area (Å²) in [5.74, 6) is 1.19. The molecule has 30 heavy (non-hydrogen) atoms. The van der Waals surface area contributed by atoms with Crippen LogP contribution < -0.4 is 9.47 Å². The second-order valence-electron chi connectivity index (χ2n) is 6.93. The molecule has 11 nitrogen and oxygen atoms in total. The molecule has 0 fully saturated rings. The van der Waals surface area contributed by atoms with Crippen LogP contribution in [0.4, 0.5) is 0 Å². The Balaban J connectivity index is 2.40. The van der Waals surface area contributed by atoms with E-state index in [-0.39, 0.29) is 6.61 Å². The van der Waals surface area contributed by atoms with Crippen LogP contribution in [-0.2, 0) is 32.8 Å². The van der Waals surface area contributed by atoms with Crippen molar-refractivity contribution in [1.29, 1.82) is 0 Å². The molecule has 2 atom stereocenters. The smallest absolute Gasteiger partial charge is 0.494 e. The van der Waals surface area contributed by atoms with Gasteiger partial charge in [-0.2, -0.15) is 0 Å². The third-order valence-electron chi connectivity index (χ3n) is 3.93. The minimum Gasteiger partial charge on any atom is -0.494 e. The highest BCUT2D eigenvalue weighted by Crippen LogP contribution is 2.53. The summed E-state index contributed by atoms with van der Waals surface area (Å²) < 4.78 is 48.0. The molecule has 0 aliphatic carbocycles. The van der Waals surface area contributed by atoms with Crippen LogP contribution in [0.25, 0.3) is 0 Å². The lowest BCUT2D eigenvalue weighted by molar-refractivity contribution is -0.294. The van der Waals surface area contributed by atoms with Crippen molar-refractivity contribution in [3.8, 4) is 11.5 Å². The van der Waals surface area contributed by atoms with Crippen molar-refractivity contribution < 1.29 is 52.0 Å². The third kappa shape index (κ3) is 10.3. The van der Waals surface area contributed by atoms with Gasteiger partial charge in [0.05, 0.1) is 26.0 Å². The van der Waals surface area contributed by atoms with Crippen molar-refractivity contribution >= 4 is 15.4 Å². The summed E-state index contributed by atoms with van der Waals surface area (Å²) in [6.07, 6.45) is 0.755. The van der Waals surface area contributed by atoms with E-state index in [4.69, 9.17) is 33.3 Å². The maximum absolute atomic E-state index is 12.3. The van der Waals surface area contributed by atoms with Crippen molar-refractivity contribution in [2.45, 2.75) is 44.9 Å². The zero-order chi connectivity index (χ0) is 22.8. The van der Waals surface area contributed by atoms with E-state index in [0.29, 0.717) is 30.9 Å². The van der Waals surface area contributed by atoms with Gasteiger partial charge in [-0.3, -0.25) is 4.57 Å². The molecule has 0 aliphatic rings. The van der Waals surface area contributed by atoms with Crippen molar-refractivity contribution in [3.05, 3.63) is 24.3 Å². The Labute approximate surface area is 176 Å². The molecule has 0 spiro atoms. The summed E-state index contributed by atoms with van der Waals surface area (Å²) in [4.78, 5) is 26.6. The lowest BCUT2D eigenvalue weighted by atomic mass is 10.1. The highest BCUT2D eigenvalue weighted by Gasteiger charge is 2.32. The lowest BCUT2D eigenvalue weighted by Gasteiger charge is -2.23. The average molecular weight is 472 g/mol. The molecule has 0 aliphatic heterocycles. The van der Waals surface area contributed by atoms with E-state index in [1.165, 1.54) is 14.2 Å². The molecule has 0 aromatic heterocycles. The summed E-state index contributed by atoms with van der Waals surface area (Å²) in [6, 6.07) is 6.87. The molecule has 0 saturated carbocycles. The Hall–Kier alpha value is -1.00. The predicted molar refractivity (Wildman–Crippen MR) is 107 cm³/mol. The van der Waals surface area contributed by atoms with Crippen LogP contribution in [0.3, 0.4) is 0 Å². The molecule has 0 heterocycles. The van der Waals surface area contributed by atoms with Gasteiger partial charge in [-0.25, -0.2) is 14.3 Å². The maximum Gasteiger partial charge on any atom is 0.496 e. The molecular weight excluding hydrogens is 442 g/mol. The molecule has 1 aromatic rings. The van der Waals surface area contributed by atoms with Crippen LogP contribution in [0.1, 0.15) is 33.6 Å². The largest absolute Gasteiger partial charge is 0.496 e. The number of ether oxygens (including phenoxy) is 2. The highest BCUT2D eigenvalue weighted by atomic mass is 31.2. The van der Waals surface area contributed by atoms with Crippen molar-refractivity contribution in [3.63, 3.8) is 0 Å². The van der Waals surface area contributed by atoms with E-state index in [2.05, 4.69) is 9.56 Å². The topological polar surface area (TPSA) is 139 Å². The molecule has 174 valence electrons. The summed E-state index contributed by atoms with van der Waals surface area (Å²) in [5, 5.41) is 0. The van der Waals surface area contributed by atoms with Crippen LogP contribution in [-0.4, -0.2) is 48.5 Å². The molecule has 2 N–H and O–H groups in total. The van der Waals surface area contributed by atoms with Crippen LogP contribution in [0.5, 0.6) is 11.5 Å². The summed E-state index contributed by atoms with van der Waals surface area (Å²) in [6.45, 7) is 5.49. The van der Waals surface area contributed by atoms with E-state index >= 15 is 0 Å². The van der Waals surface area contributed by atoms with E-state index in [0.717, 1.165) is 0 Å². The molecule has 0 bridgehead atoms. The first-order valence-electron chi connectivity index (χ1n) is 9.07.